The van der Waals surface area contributed by atoms with Gasteiger partial charge in [-0.1, -0.05) is 13.5 Å². The maximum Gasteiger partial charge on any atom is 0.233 e. The zero-order valence-corrected chi connectivity index (χ0v) is 7.04. The monoisotopic (exact) mass is 159 g/mol. The van der Waals surface area contributed by atoms with E-state index in [2.05, 4.69) is 18.8 Å². The molecule has 3 heteroatoms. The number of amides is 1. The zero-order chi connectivity index (χ0) is 7.82. The van der Waals surface area contributed by atoms with Crippen LogP contribution >= 0.6 is 11.8 Å². The van der Waals surface area contributed by atoms with Gasteiger partial charge in [0.1, 0.15) is 0 Å². The van der Waals surface area contributed by atoms with Crippen molar-refractivity contribution in [2.24, 2.45) is 0 Å². The SMILES string of the molecule is C=CNC(=O)CSCCC. The van der Waals surface area contributed by atoms with Crippen LogP contribution in [0.25, 0.3) is 0 Å². The van der Waals surface area contributed by atoms with Crippen LogP contribution in [0.4, 0.5) is 0 Å². The number of hydrogen-bond acceptors (Lipinski definition) is 2. The van der Waals surface area contributed by atoms with Gasteiger partial charge in [0, 0.05) is 0 Å². The Morgan fingerprint density at radius 1 is 1.80 bits per heavy atom. The number of hydrogen-bond donors (Lipinski definition) is 1. The molecule has 0 rings (SSSR count). The predicted octanol–water partition coefficient (Wildman–Crippen LogP) is 1.39. The molecule has 0 aliphatic heterocycles. The smallest absolute Gasteiger partial charge is 0.233 e. The molecule has 2 nitrogen and oxygen atoms in total. The van der Waals surface area contributed by atoms with E-state index >= 15 is 0 Å². The predicted molar refractivity (Wildman–Crippen MR) is 46.0 cm³/mol. The molecule has 0 aliphatic rings. The average molecular weight is 159 g/mol. The van der Waals surface area contributed by atoms with Gasteiger partial charge in [0.15, 0.2) is 0 Å². The van der Waals surface area contributed by atoms with Crippen LogP contribution in [0.2, 0.25) is 0 Å². The lowest BCUT2D eigenvalue weighted by atomic mass is 10.6. The van der Waals surface area contributed by atoms with Gasteiger partial charge in [-0.2, -0.15) is 11.8 Å². The molecule has 0 fully saturated rings. The molecule has 0 atom stereocenters. The Hall–Kier alpha value is -0.440. The van der Waals surface area contributed by atoms with Crippen LogP contribution in [0.15, 0.2) is 12.8 Å². The maximum absolute atomic E-state index is 10.7. The van der Waals surface area contributed by atoms with Gasteiger partial charge < -0.3 is 5.32 Å². The standard InChI is InChI=1S/C7H13NOS/c1-3-5-10-6-7(9)8-4-2/h4H,2-3,5-6H2,1H3,(H,8,9). The molecule has 0 aromatic heterocycles. The lowest BCUT2D eigenvalue weighted by Crippen LogP contribution is -2.18. The summed E-state index contributed by atoms with van der Waals surface area (Å²) in [4.78, 5) is 10.7. The summed E-state index contributed by atoms with van der Waals surface area (Å²) in [6.07, 6.45) is 2.53. The topological polar surface area (TPSA) is 29.1 Å². The van der Waals surface area contributed by atoms with Crippen LogP contribution in [0, 0.1) is 0 Å². The Labute approximate surface area is 66.1 Å². The summed E-state index contributed by atoms with van der Waals surface area (Å²) in [7, 11) is 0. The summed E-state index contributed by atoms with van der Waals surface area (Å²) in [5.74, 6) is 1.62. The summed E-state index contributed by atoms with van der Waals surface area (Å²) >= 11 is 1.64. The molecule has 0 aromatic rings. The molecule has 58 valence electrons. The van der Waals surface area contributed by atoms with E-state index in [1.54, 1.807) is 11.8 Å². The fraction of sp³-hybridized carbons (Fsp3) is 0.571. The van der Waals surface area contributed by atoms with E-state index in [0.717, 1.165) is 12.2 Å². The second kappa shape index (κ2) is 6.68. The maximum atomic E-state index is 10.7. The highest BCUT2D eigenvalue weighted by Crippen LogP contribution is 2.00. The van der Waals surface area contributed by atoms with Crippen molar-refractivity contribution in [3.8, 4) is 0 Å². The highest BCUT2D eigenvalue weighted by molar-refractivity contribution is 7.99. The average Bonchev–Trinajstić information content (AvgIpc) is 1.89. The van der Waals surface area contributed by atoms with E-state index in [9.17, 15) is 4.79 Å². The summed E-state index contributed by atoms with van der Waals surface area (Å²) < 4.78 is 0. The molecule has 0 aromatic carbocycles. The highest BCUT2D eigenvalue weighted by atomic mass is 32.2. The van der Waals surface area contributed by atoms with Gasteiger partial charge in [0.05, 0.1) is 5.75 Å². The molecule has 0 heterocycles. The number of thioether (sulfide) groups is 1. The van der Waals surface area contributed by atoms with Gasteiger partial charge in [0.2, 0.25) is 5.91 Å². The Kier molecular flexibility index (Phi) is 6.38. The molecule has 0 bridgehead atoms. The minimum absolute atomic E-state index is 0.0356. The van der Waals surface area contributed by atoms with Crippen LogP contribution < -0.4 is 5.32 Å². The van der Waals surface area contributed by atoms with Crippen LogP contribution in [-0.4, -0.2) is 17.4 Å². The molecule has 0 aliphatic carbocycles. The lowest BCUT2D eigenvalue weighted by Gasteiger charge is -1.97. The molecular weight excluding hydrogens is 146 g/mol. The Bertz CT molecular complexity index is 114. The van der Waals surface area contributed by atoms with Crippen molar-refractivity contribution < 1.29 is 4.79 Å². The summed E-state index contributed by atoms with van der Waals surface area (Å²) in [5, 5.41) is 2.51. The minimum atomic E-state index is 0.0356. The van der Waals surface area contributed by atoms with Crippen molar-refractivity contribution >= 4 is 17.7 Å². The molecule has 0 saturated heterocycles. The number of carbonyl (C=O) groups is 1. The zero-order valence-electron chi connectivity index (χ0n) is 6.22. The summed E-state index contributed by atoms with van der Waals surface area (Å²) in [6, 6.07) is 0. The van der Waals surface area contributed by atoms with E-state index in [1.165, 1.54) is 6.20 Å². The van der Waals surface area contributed by atoms with Gasteiger partial charge in [0.25, 0.3) is 0 Å². The van der Waals surface area contributed by atoms with Crippen molar-refractivity contribution in [3.63, 3.8) is 0 Å². The second-order valence-electron chi connectivity index (χ2n) is 1.82. The number of rotatable bonds is 5. The largest absolute Gasteiger partial charge is 0.333 e. The van der Waals surface area contributed by atoms with E-state index in [1.807, 2.05) is 0 Å². The van der Waals surface area contributed by atoms with E-state index in [-0.39, 0.29) is 5.91 Å². The van der Waals surface area contributed by atoms with E-state index in [0.29, 0.717) is 5.75 Å². The van der Waals surface area contributed by atoms with Gasteiger partial charge in [-0.3, -0.25) is 4.79 Å². The van der Waals surface area contributed by atoms with Crippen molar-refractivity contribution in [2.45, 2.75) is 13.3 Å². The normalized spacial score (nSPS) is 8.90. The third kappa shape index (κ3) is 5.69. The van der Waals surface area contributed by atoms with Gasteiger partial charge in [-0.05, 0) is 18.4 Å². The van der Waals surface area contributed by atoms with Gasteiger partial charge in [-0.15, -0.1) is 0 Å². The fourth-order valence-corrected chi connectivity index (χ4v) is 1.17. The lowest BCUT2D eigenvalue weighted by molar-refractivity contribution is -0.117. The Balaban J connectivity index is 3.13. The third-order valence-corrected chi connectivity index (χ3v) is 2.01. The number of carbonyl (C=O) groups excluding carboxylic acids is 1. The minimum Gasteiger partial charge on any atom is -0.333 e. The first-order chi connectivity index (χ1) is 4.81. The van der Waals surface area contributed by atoms with E-state index < -0.39 is 0 Å². The second-order valence-corrected chi connectivity index (χ2v) is 2.93. The molecule has 10 heavy (non-hydrogen) atoms. The first kappa shape index (κ1) is 9.56. The third-order valence-electron chi connectivity index (χ3n) is 0.845. The van der Waals surface area contributed by atoms with Gasteiger partial charge >= 0.3 is 0 Å². The van der Waals surface area contributed by atoms with Crippen molar-refractivity contribution in [1.82, 2.24) is 5.32 Å². The molecule has 1 N–H and O–H groups in total. The molecule has 1 amide bonds. The van der Waals surface area contributed by atoms with Gasteiger partial charge in [-0.25, -0.2) is 0 Å². The van der Waals surface area contributed by atoms with Crippen LogP contribution in [0.3, 0.4) is 0 Å². The summed E-state index contributed by atoms with van der Waals surface area (Å²) in [6.45, 7) is 5.48. The van der Waals surface area contributed by atoms with Crippen LogP contribution in [0.1, 0.15) is 13.3 Å². The molecule has 0 radical (unpaired) electrons. The summed E-state index contributed by atoms with van der Waals surface area (Å²) in [5.41, 5.74) is 0. The highest BCUT2D eigenvalue weighted by Gasteiger charge is 1.95. The van der Waals surface area contributed by atoms with Crippen LogP contribution in [0.5, 0.6) is 0 Å². The number of nitrogens with one attached hydrogen (secondary N) is 1. The Morgan fingerprint density at radius 2 is 2.50 bits per heavy atom. The van der Waals surface area contributed by atoms with Crippen molar-refractivity contribution in [2.75, 3.05) is 11.5 Å². The first-order valence-corrected chi connectivity index (χ1v) is 4.44. The van der Waals surface area contributed by atoms with Crippen molar-refractivity contribution in [3.05, 3.63) is 12.8 Å². The van der Waals surface area contributed by atoms with Crippen LogP contribution in [-0.2, 0) is 4.79 Å². The van der Waals surface area contributed by atoms with E-state index in [4.69, 9.17) is 0 Å². The molecule has 0 unspecified atom stereocenters. The van der Waals surface area contributed by atoms with Crippen molar-refractivity contribution in [1.29, 1.82) is 0 Å². The molecular formula is C7H13NOS. The first-order valence-electron chi connectivity index (χ1n) is 3.29. The molecule has 0 spiro atoms. The quantitative estimate of drug-likeness (QED) is 0.614. The fourth-order valence-electron chi connectivity index (χ4n) is 0.465. The Morgan fingerprint density at radius 3 is 3.00 bits per heavy atom. The molecule has 0 saturated carbocycles.